The molecule has 148 valence electrons. The summed E-state index contributed by atoms with van der Waals surface area (Å²) in [5.41, 5.74) is 0.850. The highest BCUT2D eigenvalue weighted by atomic mass is 32.2. The van der Waals surface area contributed by atoms with Crippen LogP contribution in [0.4, 0.5) is 19.3 Å². The minimum atomic E-state index is -1.15. The first kappa shape index (κ1) is 20.5. The molecule has 0 aliphatic heterocycles. The molecule has 3 aromatic carbocycles. The highest BCUT2D eigenvalue weighted by Crippen LogP contribution is 2.34. The molecule has 1 unspecified atom stereocenters. The van der Waals surface area contributed by atoms with Gasteiger partial charge in [0.1, 0.15) is 17.2 Å². The highest BCUT2D eigenvalue weighted by Gasteiger charge is 2.19. The van der Waals surface area contributed by atoms with Gasteiger partial charge >= 0.3 is 6.03 Å². The first-order chi connectivity index (χ1) is 13.9. The van der Waals surface area contributed by atoms with Gasteiger partial charge in [0.05, 0.1) is 0 Å². The van der Waals surface area contributed by atoms with E-state index in [1.165, 1.54) is 5.56 Å². The van der Waals surface area contributed by atoms with Crippen LogP contribution in [0, 0.1) is 11.6 Å². The second-order valence-corrected chi connectivity index (χ2v) is 7.61. The Kier molecular flexibility index (Phi) is 6.61. The third-order valence-electron chi connectivity index (χ3n) is 4.11. The Hall–Kier alpha value is -3.19. The van der Waals surface area contributed by atoms with E-state index in [2.05, 4.69) is 24.4 Å². The molecule has 0 radical (unpaired) electrons. The molecular formula is C22H18F2N2O2S. The van der Waals surface area contributed by atoms with Crippen molar-refractivity contribution in [1.82, 2.24) is 5.32 Å². The fourth-order valence-corrected chi connectivity index (χ4v) is 3.65. The molecule has 3 amide bonds. The lowest BCUT2D eigenvalue weighted by atomic mass is 10.2. The number of carbonyl (C=O) groups is 2. The summed E-state index contributed by atoms with van der Waals surface area (Å²) in [6, 6.07) is 19.3. The average Bonchev–Trinajstić information content (AvgIpc) is 2.70. The van der Waals surface area contributed by atoms with Crippen molar-refractivity contribution in [3.63, 3.8) is 0 Å². The van der Waals surface area contributed by atoms with Gasteiger partial charge in [-0.2, -0.15) is 0 Å². The topological polar surface area (TPSA) is 58.2 Å². The zero-order valence-electron chi connectivity index (χ0n) is 15.5. The molecule has 0 aliphatic carbocycles. The van der Waals surface area contributed by atoms with Crippen molar-refractivity contribution in [2.24, 2.45) is 0 Å². The summed E-state index contributed by atoms with van der Waals surface area (Å²) in [5, 5.41) is 4.65. The number of anilines is 1. The predicted octanol–water partition coefficient (Wildman–Crippen LogP) is 5.78. The van der Waals surface area contributed by atoms with Crippen molar-refractivity contribution in [2.75, 3.05) is 5.32 Å². The van der Waals surface area contributed by atoms with E-state index in [0.717, 1.165) is 23.1 Å². The molecule has 0 aliphatic rings. The van der Waals surface area contributed by atoms with Crippen LogP contribution in [-0.2, 0) is 0 Å². The highest BCUT2D eigenvalue weighted by molar-refractivity contribution is 7.99. The molecule has 3 rings (SSSR count). The Bertz CT molecular complexity index is 991. The van der Waals surface area contributed by atoms with E-state index in [9.17, 15) is 18.4 Å². The number of hydrogen-bond acceptors (Lipinski definition) is 3. The molecule has 3 aromatic rings. The monoisotopic (exact) mass is 412 g/mol. The Morgan fingerprint density at radius 1 is 0.862 bits per heavy atom. The van der Waals surface area contributed by atoms with Crippen LogP contribution in [0.3, 0.4) is 0 Å². The number of halogens is 2. The van der Waals surface area contributed by atoms with E-state index in [4.69, 9.17) is 0 Å². The smallest absolute Gasteiger partial charge is 0.308 e. The lowest BCUT2D eigenvalue weighted by Crippen LogP contribution is -2.35. The Labute approximate surface area is 171 Å². The third-order valence-corrected chi connectivity index (χ3v) is 5.28. The van der Waals surface area contributed by atoms with Crippen LogP contribution in [0.1, 0.15) is 28.1 Å². The largest absolute Gasteiger partial charge is 0.326 e. The van der Waals surface area contributed by atoms with Crippen molar-refractivity contribution in [3.05, 3.63) is 95.6 Å². The Morgan fingerprint density at radius 3 is 2.10 bits per heavy atom. The van der Waals surface area contributed by atoms with Gasteiger partial charge in [-0.05, 0) is 48.9 Å². The van der Waals surface area contributed by atoms with Crippen LogP contribution in [0.15, 0.2) is 77.7 Å². The number of amides is 3. The molecule has 29 heavy (non-hydrogen) atoms. The first-order valence-corrected chi connectivity index (χ1v) is 9.70. The van der Waals surface area contributed by atoms with Gasteiger partial charge in [0.15, 0.2) is 0 Å². The number of thioether (sulfide) groups is 1. The van der Waals surface area contributed by atoms with Crippen LogP contribution < -0.4 is 10.6 Å². The van der Waals surface area contributed by atoms with Crippen LogP contribution in [0.25, 0.3) is 0 Å². The normalized spacial score (nSPS) is 11.6. The molecule has 0 saturated carbocycles. The van der Waals surface area contributed by atoms with Crippen molar-refractivity contribution in [2.45, 2.75) is 17.1 Å². The molecule has 0 spiro atoms. The van der Waals surface area contributed by atoms with Gasteiger partial charge in [-0.3, -0.25) is 10.1 Å². The Balaban J connectivity index is 1.58. The second kappa shape index (κ2) is 9.34. The molecule has 0 bridgehead atoms. The fourth-order valence-electron chi connectivity index (χ4n) is 2.66. The predicted molar refractivity (Wildman–Crippen MR) is 110 cm³/mol. The molecule has 0 aromatic heterocycles. The summed E-state index contributed by atoms with van der Waals surface area (Å²) in [6.45, 7) is 2.10. The SMILES string of the molecule is CC(Sc1ccc(NC(=O)NC(=O)c2c(F)cccc2F)cc1)c1ccccc1. The minimum Gasteiger partial charge on any atom is -0.308 e. The molecule has 0 fully saturated rings. The Morgan fingerprint density at radius 2 is 1.48 bits per heavy atom. The summed E-state index contributed by atoms with van der Waals surface area (Å²) in [5.74, 6) is -3.23. The van der Waals surface area contributed by atoms with Crippen molar-refractivity contribution >= 4 is 29.4 Å². The van der Waals surface area contributed by atoms with Crippen molar-refractivity contribution in [3.8, 4) is 0 Å². The molecule has 2 N–H and O–H groups in total. The average molecular weight is 412 g/mol. The van der Waals surface area contributed by atoms with Crippen molar-refractivity contribution < 1.29 is 18.4 Å². The zero-order chi connectivity index (χ0) is 20.8. The van der Waals surface area contributed by atoms with Gasteiger partial charge < -0.3 is 5.32 Å². The number of rotatable bonds is 5. The fraction of sp³-hybridized carbons (Fsp3) is 0.0909. The number of hydrogen-bond donors (Lipinski definition) is 2. The third kappa shape index (κ3) is 5.42. The zero-order valence-corrected chi connectivity index (χ0v) is 16.3. The van der Waals surface area contributed by atoms with E-state index < -0.39 is 29.1 Å². The van der Waals surface area contributed by atoms with E-state index in [0.29, 0.717) is 5.69 Å². The second-order valence-electron chi connectivity index (χ2n) is 6.20. The number of imide groups is 1. The summed E-state index contributed by atoms with van der Waals surface area (Å²) < 4.78 is 27.2. The van der Waals surface area contributed by atoms with Gasteiger partial charge in [-0.1, -0.05) is 36.4 Å². The summed E-state index contributed by atoms with van der Waals surface area (Å²) in [7, 11) is 0. The van der Waals surface area contributed by atoms with E-state index >= 15 is 0 Å². The standard InChI is InChI=1S/C22H18F2N2O2S/c1-14(15-6-3-2-4-7-15)29-17-12-10-16(11-13-17)25-22(28)26-21(27)20-18(23)8-5-9-19(20)24/h2-14H,1H3,(H2,25,26,27,28). The molecule has 1 atom stereocenters. The lowest BCUT2D eigenvalue weighted by Gasteiger charge is -2.12. The lowest BCUT2D eigenvalue weighted by molar-refractivity contribution is 0.0959. The summed E-state index contributed by atoms with van der Waals surface area (Å²) in [6.07, 6.45) is 0. The summed E-state index contributed by atoms with van der Waals surface area (Å²) >= 11 is 1.67. The minimum absolute atomic E-state index is 0.256. The van der Waals surface area contributed by atoms with Crippen LogP contribution in [0.2, 0.25) is 0 Å². The molecule has 0 heterocycles. The number of carbonyl (C=O) groups excluding carboxylic acids is 2. The van der Waals surface area contributed by atoms with Crippen LogP contribution >= 0.6 is 11.8 Å². The van der Waals surface area contributed by atoms with Gasteiger partial charge in [0, 0.05) is 15.8 Å². The van der Waals surface area contributed by atoms with E-state index in [1.807, 2.05) is 35.6 Å². The molecular weight excluding hydrogens is 394 g/mol. The number of nitrogens with one attached hydrogen (secondary N) is 2. The molecule has 7 heteroatoms. The molecule has 0 saturated heterocycles. The quantitative estimate of drug-likeness (QED) is 0.522. The van der Waals surface area contributed by atoms with Gasteiger partial charge in [0.25, 0.3) is 5.91 Å². The van der Waals surface area contributed by atoms with Crippen LogP contribution in [-0.4, -0.2) is 11.9 Å². The van der Waals surface area contributed by atoms with Gasteiger partial charge in [-0.25, -0.2) is 13.6 Å². The maximum atomic E-state index is 13.6. The number of benzene rings is 3. The summed E-state index contributed by atoms with van der Waals surface area (Å²) in [4.78, 5) is 24.9. The van der Waals surface area contributed by atoms with Crippen LogP contribution in [0.5, 0.6) is 0 Å². The molecule has 4 nitrogen and oxygen atoms in total. The van der Waals surface area contributed by atoms with Gasteiger partial charge in [-0.15, -0.1) is 11.8 Å². The first-order valence-electron chi connectivity index (χ1n) is 8.82. The maximum absolute atomic E-state index is 13.6. The number of urea groups is 1. The van der Waals surface area contributed by atoms with E-state index in [-0.39, 0.29) is 5.25 Å². The maximum Gasteiger partial charge on any atom is 0.326 e. The van der Waals surface area contributed by atoms with Gasteiger partial charge in [0.2, 0.25) is 0 Å². The van der Waals surface area contributed by atoms with Crippen molar-refractivity contribution in [1.29, 1.82) is 0 Å². The van der Waals surface area contributed by atoms with E-state index in [1.54, 1.807) is 23.9 Å².